The second-order valence-electron chi connectivity index (χ2n) is 4.77. The van der Waals surface area contributed by atoms with E-state index in [1.54, 1.807) is 0 Å². The van der Waals surface area contributed by atoms with Gasteiger partial charge in [0.05, 0.1) is 0 Å². The van der Waals surface area contributed by atoms with Crippen LogP contribution in [-0.2, 0) is 4.74 Å². The highest BCUT2D eigenvalue weighted by molar-refractivity contribution is 14.0. The average Bonchev–Trinajstić information content (AvgIpc) is 2.26. The van der Waals surface area contributed by atoms with Crippen molar-refractivity contribution in [1.82, 2.24) is 5.32 Å². The number of hydrogen-bond donors (Lipinski definition) is 2. The van der Waals surface area contributed by atoms with Gasteiger partial charge in [-0.2, -0.15) is 0 Å². The molecule has 1 aliphatic carbocycles. The maximum absolute atomic E-state index is 5.76. The zero-order chi connectivity index (χ0) is 12.3. The molecule has 0 atom stereocenters. The van der Waals surface area contributed by atoms with E-state index in [2.05, 4.69) is 17.2 Å². The number of ether oxygens (including phenoxy) is 1. The highest BCUT2D eigenvalue weighted by Crippen LogP contribution is 2.26. The minimum Gasteiger partial charge on any atom is -0.381 e. The first kappa shape index (κ1) is 18.0. The monoisotopic (exact) mass is 369 g/mol. The molecule has 0 aromatic rings. The number of nitrogens with two attached hydrogens (primary N) is 1. The first-order valence-electron chi connectivity index (χ1n) is 6.94. The maximum atomic E-state index is 5.76. The molecule has 0 aliphatic heterocycles. The van der Waals surface area contributed by atoms with E-state index in [0.717, 1.165) is 45.1 Å². The SMILES string of the molecule is CCCCOCCCNC(N)=NCC1CCC1.I. The second-order valence-corrected chi connectivity index (χ2v) is 4.77. The topological polar surface area (TPSA) is 59.6 Å². The quantitative estimate of drug-likeness (QED) is 0.284. The summed E-state index contributed by atoms with van der Waals surface area (Å²) in [5.74, 6) is 1.37. The van der Waals surface area contributed by atoms with Crippen LogP contribution in [-0.4, -0.2) is 32.3 Å². The number of guanidine groups is 1. The number of hydrogen-bond acceptors (Lipinski definition) is 2. The van der Waals surface area contributed by atoms with Crippen LogP contribution in [0.1, 0.15) is 45.4 Å². The minimum absolute atomic E-state index is 0. The van der Waals surface area contributed by atoms with Crippen molar-refractivity contribution < 1.29 is 4.74 Å². The molecule has 0 aromatic heterocycles. The van der Waals surface area contributed by atoms with E-state index in [9.17, 15) is 0 Å². The highest BCUT2D eigenvalue weighted by Gasteiger charge is 2.16. The van der Waals surface area contributed by atoms with Crippen molar-refractivity contribution >= 4 is 29.9 Å². The smallest absolute Gasteiger partial charge is 0.188 e. The van der Waals surface area contributed by atoms with Crippen LogP contribution < -0.4 is 11.1 Å². The molecule has 0 amide bonds. The number of nitrogens with zero attached hydrogens (tertiary/aromatic N) is 1. The lowest BCUT2D eigenvalue weighted by molar-refractivity contribution is 0.129. The summed E-state index contributed by atoms with van der Waals surface area (Å²) in [6.45, 7) is 5.60. The van der Waals surface area contributed by atoms with Gasteiger partial charge in [0.1, 0.15) is 0 Å². The molecule has 1 rings (SSSR count). The molecule has 0 radical (unpaired) electrons. The average molecular weight is 369 g/mol. The number of halogens is 1. The Morgan fingerprint density at radius 3 is 2.67 bits per heavy atom. The maximum Gasteiger partial charge on any atom is 0.188 e. The lowest BCUT2D eigenvalue weighted by Gasteiger charge is -2.23. The Hall–Kier alpha value is -0.0400. The van der Waals surface area contributed by atoms with Crippen LogP contribution in [0.4, 0.5) is 0 Å². The highest BCUT2D eigenvalue weighted by atomic mass is 127. The summed E-state index contributed by atoms with van der Waals surface area (Å²) >= 11 is 0. The van der Waals surface area contributed by atoms with Crippen LogP contribution in [0.15, 0.2) is 4.99 Å². The van der Waals surface area contributed by atoms with Crippen LogP contribution in [0, 0.1) is 5.92 Å². The van der Waals surface area contributed by atoms with Crippen molar-refractivity contribution in [3.8, 4) is 0 Å². The summed E-state index contributed by atoms with van der Waals surface area (Å²) in [5, 5.41) is 3.12. The molecule has 1 fully saturated rings. The van der Waals surface area contributed by atoms with Crippen LogP contribution >= 0.6 is 24.0 Å². The molecule has 5 heteroatoms. The van der Waals surface area contributed by atoms with Gasteiger partial charge >= 0.3 is 0 Å². The second kappa shape index (κ2) is 12.0. The third kappa shape index (κ3) is 8.97. The molecule has 18 heavy (non-hydrogen) atoms. The van der Waals surface area contributed by atoms with Crippen molar-refractivity contribution in [2.75, 3.05) is 26.3 Å². The molecule has 0 saturated heterocycles. The summed E-state index contributed by atoms with van der Waals surface area (Å²) in [4.78, 5) is 4.34. The van der Waals surface area contributed by atoms with Crippen molar-refractivity contribution in [2.45, 2.75) is 45.4 Å². The molecular weight excluding hydrogens is 341 g/mol. The van der Waals surface area contributed by atoms with E-state index in [4.69, 9.17) is 10.5 Å². The van der Waals surface area contributed by atoms with Crippen molar-refractivity contribution in [2.24, 2.45) is 16.6 Å². The van der Waals surface area contributed by atoms with Gasteiger partial charge in [-0.1, -0.05) is 19.8 Å². The first-order valence-corrected chi connectivity index (χ1v) is 6.94. The molecular formula is C13H28IN3O. The van der Waals surface area contributed by atoms with E-state index in [1.807, 2.05) is 0 Å². The van der Waals surface area contributed by atoms with E-state index in [0.29, 0.717) is 5.96 Å². The van der Waals surface area contributed by atoms with E-state index in [-0.39, 0.29) is 24.0 Å². The number of unbranched alkanes of at least 4 members (excludes halogenated alkanes) is 1. The molecule has 0 bridgehead atoms. The molecule has 1 saturated carbocycles. The third-order valence-electron chi connectivity index (χ3n) is 3.16. The Labute approximate surface area is 128 Å². The third-order valence-corrected chi connectivity index (χ3v) is 3.16. The van der Waals surface area contributed by atoms with Crippen LogP contribution in [0.5, 0.6) is 0 Å². The lowest BCUT2D eigenvalue weighted by Crippen LogP contribution is -2.33. The van der Waals surface area contributed by atoms with Gasteiger partial charge in [0.25, 0.3) is 0 Å². The predicted molar refractivity (Wildman–Crippen MR) is 87.6 cm³/mol. The van der Waals surface area contributed by atoms with Crippen LogP contribution in [0.3, 0.4) is 0 Å². The molecule has 108 valence electrons. The fourth-order valence-corrected chi connectivity index (χ4v) is 1.70. The molecule has 3 N–H and O–H groups in total. The summed E-state index contributed by atoms with van der Waals surface area (Å²) in [7, 11) is 0. The Bertz CT molecular complexity index is 220. The predicted octanol–water partition coefficient (Wildman–Crippen LogP) is 2.52. The minimum atomic E-state index is 0. The zero-order valence-electron chi connectivity index (χ0n) is 11.5. The van der Waals surface area contributed by atoms with Gasteiger partial charge in [-0.05, 0) is 31.6 Å². The molecule has 4 nitrogen and oxygen atoms in total. The normalized spacial score (nSPS) is 15.9. The number of aliphatic imine (C=N–C) groups is 1. The molecule has 0 aromatic carbocycles. The van der Waals surface area contributed by atoms with Gasteiger partial charge in [-0.25, -0.2) is 0 Å². The molecule has 0 heterocycles. The van der Waals surface area contributed by atoms with Crippen LogP contribution in [0.2, 0.25) is 0 Å². The Morgan fingerprint density at radius 1 is 1.33 bits per heavy atom. The van der Waals surface area contributed by atoms with Gasteiger partial charge in [-0.15, -0.1) is 24.0 Å². The number of rotatable bonds is 9. The summed E-state index contributed by atoms with van der Waals surface area (Å²) in [6.07, 6.45) is 7.34. The Kier molecular flexibility index (Phi) is 12.0. The van der Waals surface area contributed by atoms with Gasteiger partial charge in [0, 0.05) is 26.3 Å². The summed E-state index contributed by atoms with van der Waals surface area (Å²) in [5.41, 5.74) is 5.76. The van der Waals surface area contributed by atoms with Gasteiger partial charge < -0.3 is 15.8 Å². The fourth-order valence-electron chi connectivity index (χ4n) is 1.70. The van der Waals surface area contributed by atoms with Gasteiger partial charge in [0.15, 0.2) is 5.96 Å². The zero-order valence-corrected chi connectivity index (χ0v) is 13.8. The number of nitrogens with one attached hydrogen (secondary N) is 1. The lowest BCUT2D eigenvalue weighted by atomic mass is 9.86. The fraction of sp³-hybridized carbons (Fsp3) is 0.923. The van der Waals surface area contributed by atoms with Crippen molar-refractivity contribution in [1.29, 1.82) is 0 Å². The van der Waals surface area contributed by atoms with Crippen molar-refractivity contribution in [3.63, 3.8) is 0 Å². The molecule has 0 spiro atoms. The Morgan fingerprint density at radius 2 is 2.06 bits per heavy atom. The largest absolute Gasteiger partial charge is 0.381 e. The van der Waals surface area contributed by atoms with Crippen LogP contribution in [0.25, 0.3) is 0 Å². The van der Waals surface area contributed by atoms with Gasteiger partial charge in [0.2, 0.25) is 0 Å². The Balaban J connectivity index is 0.00000289. The van der Waals surface area contributed by atoms with E-state index < -0.39 is 0 Å². The molecule has 0 unspecified atom stereocenters. The van der Waals surface area contributed by atoms with E-state index in [1.165, 1.54) is 25.7 Å². The first-order chi connectivity index (χ1) is 8.33. The van der Waals surface area contributed by atoms with Gasteiger partial charge in [-0.3, -0.25) is 4.99 Å². The summed E-state index contributed by atoms with van der Waals surface area (Å²) < 4.78 is 5.46. The van der Waals surface area contributed by atoms with Crippen molar-refractivity contribution in [3.05, 3.63) is 0 Å². The summed E-state index contributed by atoms with van der Waals surface area (Å²) in [6, 6.07) is 0. The van der Waals surface area contributed by atoms with E-state index >= 15 is 0 Å². The molecule has 1 aliphatic rings. The standard InChI is InChI=1S/C13H27N3O.HI/c1-2-3-9-17-10-5-8-15-13(14)16-11-12-6-4-7-12;/h12H,2-11H2,1H3,(H3,14,15,16);1H.